The lowest BCUT2D eigenvalue weighted by atomic mass is 9.97. The summed E-state index contributed by atoms with van der Waals surface area (Å²) in [7, 11) is 0. The summed E-state index contributed by atoms with van der Waals surface area (Å²) in [5, 5.41) is 5.82. The Morgan fingerprint density at radius 2 is 1.82 bits per heavy atom. The van der Waals surface area contributed by atoms with Crippen molar-refractivity contribution in [3.05, 3.63) is 34.9 Å². The molecule has 0 saturated carbocycles. The van der Waals surface area contributed by atoms with E-state index in [4.69, 9.17) is 17.3 Å². The molecule has 4 N–H and O–H groups in total. The SMILES string of the molecule is CCCC(C)(N)C(=O)NCCNC(=O)c1ccccc1Cl.Cl. The fourth-order valence-corrected chi connectivity index (χ4v) is 2.15. The second kappa shape index (κ2) is 9.66. The van der Waals surface area contributed by atoms with Crippen LogP contribution in [-0.4, -0.2) is 30.4 Å². The number of rotatable bonds is 7. The van der Waals surface area contributed by atoms with Crippen LogP contribution in [0, 0.1) is 0 Å². The first-order valence-electron chi connectivity index (χ1n) is 6.98. The second-order valence-corrected chi connectivity index (χ2v) is 5.57. The quantitative estimate of drug-likeness (QED) is 0.660. The highest BCUT2D eigenvalue weighted by atomic mass is 35.5. The molecule has 1 aromatic rings. The highest BCUT2D eigenvalue weighted by Crippen LogP contribution is 2.14. The predicted octanol–water partition coefficient (Wildman–Crippen LogP) is 2.13. The summed E-state index contributed by atoms with van der Waals surface area (Å²) >= 11 is 5.93. The van der Waals surface area contributed by atoms with Crippen LogP contribution >= 0.6 is 24.0 Å². The minimum Gasteiger partial charge on any atom is -0.353 e. The van der Waals surface area contributed by atoms with Crippen LogP contribution in [0.15, 0.2) is 24.3 Å². The fourth-order valence-electron chi connectivity index (χ4n) is 1.93. The Labute approximate surface area is 142 Å². The Kier molecular flexibility index (Phi) is 9.09. The van der Waals surface area contributed by atoms with Crippen LogP contribution < -0.4 is 16.4 Å². The number of carbonyl (C=O) groups excluding carboxylic acids is 2. The topological polar surface area (TPSA) is 84.2 Å². The molecular formula is C15H23Cl2N3O2. The van der Waals surface area contributed by atoms with E-state index in [0.29, 0.717) is 30.1 Å². The van der Waals surface area contributed by atoms with Gasteiger partial charge in [-0.15, -0.1) is 12.4 Å². The second-order valence-electron chi connectivity index (χ2n) is 5.16. The normalized spacial score (nSPS) is 12.7. The zero-order valence-electron chi connectivity index (χ0n) is 12.8. The largest absolute Gasteiger partial charge is 0.353 e. The molecule has 1 rings (SSSR count). The maximum Gasteiger partial charge on any atom is 0.252 e. The average Bonchev–Trinajstić information content (AvgIpc) is 2.43. The van der Waals surface area contributed by atoms with Gasteiger partial charge in [-0.05, 0) is 25.5 Å². The molecule has 5 nitrogen and oxygen atoms in total. The number of hydrogen-bond donors (Lipinski definition) is 3. The summed E-state index contributed by atoms with van der Waals surface area (Å²) in [6.45, 7) is 4.32. The molecule has 7 heteroatoms. The molecule has 0 radical (unpaired) electrons. The zero-order chi connectivity index (χ0) is 15.9. The first-order chi connectivity index (χ1) is 9.88. The van der Waals surface area contributed by atoms with E-state index in [0.717, 1.165) is 6.42 Å². The van der Waals surface area contributed by atoms with Gasteiger partial charge in [0, 0.05) is 13.1 Å². The Balaban J connectivity index is 0.00000441. The first-order valence-corrected chi connectivity index (χ1v) is 7.36. The third-order valence-electron chi connectivity index (χ3n) is 3.10. The Morgan fingerprint density at radius 3 is 2.41 bits per heavy atom. The molecule has 1 atom stereocenters. The standard InChI is InChI=1S/C15H22ClN3O2.ClH/c1-3-8-15(2,17)14(21)19-10-9-18-13(20)11-6-4-5-7-12(11)16;/h4-7H,3,8-10,17H2,1-2H3,(H,18,20)(H,19,21);1H. The molecule has 0 fully saturated rings. The van der Waals surface area contributed by atoms with Gasteiger partial charge in [-0.2, -0.15) is 0 Å². The van der Waals surface area contributed by atoms with E-state index in [2.05, 4.69) is 10.6 Å². The molecule has 0 spiro atoms. The van der Waals surface area contributed by atoms with E-state index in [1.165, 1.54) is 0 Å². The maximum absolute atomic E-state index is 11.9. The lowest BCUT2D eigenvalue weighted by Gasteiger charge is -2.22. The fraction of sp³-hybridized carbons (Fsp3) is 0.467. The molecule has 22 heavy (non-hydrogen) atoms. The third kappa shape index (κ3) is 6.22. The molecule has 124 valence electrons. The molecule has 0 aliphatic carbocycles. The summed E-state index contributed by atoms with van der Waals surface area (Å²) in [6.07, 6.45) is 1.45. The zero-order valence-corrected chi connectivity index (χ0v) is 14.4. The minimum absolute atomic E-state index is 0. The number of nitrogens with one attached hydrogen (secondary N) is 2. The van der Waals surface area contributed by atoms with E-state index in [9.17, 15) is 9.59 Å². The summed E-state index contributed by atoms with van der Waals surface area (Å²) < 4.78 is 0. The number of hydrogen-bond acceptors (Lipinski definition) is 3. The van der Waals surface area contributed by atoms with Crippen LogP contribution in [0.1, 0.15) is 37.0 Å². The highest BCUT2D eigenvalue weighted by Gasteiger charge is 2.26. The molecule has 0 bridgehead atoms. The van der Waals surface area contributed by atoms with Gasteiger partial charge in [-0.3, -0.25) is 9.59 Å². The van der Waals surface area contributed by atoms with E-state index >= 15 is 0 Å². The Hall–Kier alpha value is -1.30. The smallest absolute Gasteiger partial charge is 0.252 e. The van der Waals surface area contributed by atoms with Crippen LogP contribution in [0.4, 0.5) is 0 Å². The number of halogens is 2. The molecule has 0 aliphatic heterocycles. The summed E-state index contributed by atoms with van der Waals surface area (Å²) in [6, 6.07) is 6.81. The van der Waals surface area contributed by atoms with E-state index in [1.54, 1.807) is 31.2 Å². The van der Waals surface area contributed by atoms with Crippen molar-refractivity contribution >= 4 is 35.8 Å². The lowest BCUT2D eigenvalue weighted by molar-refractivity contribution is -0.126. The van der Waals surface area contributed by atoms with Crippen molar-refractivity contribution in [1.82, 2.24) is 10.6 Å². The van der Waals surface area contributed by atoms with E-state index < -0.39 is 5.54 Å². The van der Waals surface area contributed by atoms with Gasteiger partial charge in [0.2, 0.25) is 5.91 Å². The highest BCUT2D eigenvalue weighted by molar-refractivity contribution is 6.33. The van der Waals surface area contributed by atoms with Crippen molar-refractivity contribution in [1.29, 1.82) is 0 Å². The Morgan fingerprint density at radius 1 is 1.23 bits per heavy atom. The van der Waals surface area contributed by atoms with Gasteiger partial charge in [0.25, 0.3) is 5.91 Å². The first kappa shape index (κ1) is 20.7. The third-order valence-corrected chi connectivity index (χ3v) is 3.43. The maximum atomic E-state index is 11.9. The molecular weight excluding hydrogens is 325 g/mol. The van der Waals surface area contributed by atoms with Crippen molar-refractivity contribution in [2.24, 2.45) is 5.73 Å². The summed E-state index contributed by atoms with van der Waals surface area (Å²) in [4.78, 5) is 23.7. The Bertz CT molecular complexity index is 507. The van der Waals surface area contributed by atoms with Gasteiger partial charge in [0.1, 0.15) is 0 Å². The van der Waals surface area contributed by atoms with Crippen LogP contribution in [-0.2, 0) is 4.79 Å². The van der Waals surface area contributed by atoms with Crippen molar-refractivity contribution in [2.75, 3.05) is 13.1 Å². The van der Waals surface area contributed by atoms with Crippen LogP contribution in [0.25, 0.3) is 0 Å². The van der Waals surface area contributed by atoms with Gasteiger partial charge >= 0.3 is 0 Å². The van der Waals surface area contributed by atoms with Gasteiger partial charge < -0.3 is 16.4 Å². The average molecular weight is 348 g/mol. The van der Waals surface area contributed by atoms with Crippen molar-refractivity contribution in [3.63, 3.8) is 0 Å². The van der Waals surface area contributed by atoms with Crippen LogP contribution in [0.2, 0.25) is 5.02 Å². The molecule has 2 amide bonds. The number of amides is 2. The van der Waals surface area contributed by atoms with Gasteiger partial charge in [-0.1, -0.05) is 37.1 Å². The summed E-state index contributed by atoms with van der Waals surface area (Å²) in [5.74, 6) is -0.477. The molecule has 1 unspecified atom stereocenters. The predicted molar refractivity (Wildman–Crippen MR) is 91.5 cm³/mol. The van der Waals surface area contributed by atoms with Gasteiger partial charge in [0.05, 0.1) is 16.1 Å². The van der Waals surface area contributed by atoms with Gasteiger partial charge in [0.15, 0.2) is 0 Å². The van der Waals surface area contributed by atoms with Crippen molar-refractivity contribution in [3.8, 4) is 0 Å². The molecule has 0 aromatic heterocycles. The monoisotopic (exact) mass is 347 g/mol. The van der Waals surface area contributed by atoms with Crippen LogP contribution in [0.3, 0.4) is 0 Å². The molecule has 1 aromatic carbocycles. The molecule has 0 heterocycles. The van der Waals surface area contributed by atoms with Crippen molar-refractivity contribution < 1.29 is 9.59 Å². The van der Waals surface area contributed by atoms with E-state index in [1.807, 2.05) is 6.92 Å². The van der Waals surface area contributed by atoms with E-state index in [-0.39, 0.29) is 24.2 Å². The lowest BCUT2D eigenvalue weighted by Crippen LogP contribution is -2.52. The number of carbonyl (C=O) groups is 2. The number of benzene rings is 1. The van der Waals surface area contributed by atoms with Crippen molar-refractivity contribution in [2.45, 2.75) is 32.2 Å². The molecule has 0 aliphatic rings. The van der Waals surface area contributed by atoms with Crippen LogP contribution in [0.5, 0.6) is 0 Å². The summed E-state index contributed by atoms with van der Waals surface area (Å²) in [5.41, 5.74) is 5.45. The van der Waals surface area contributed by atoms with Gasteiger partial charge in [-0.25, -0.2) is 0 Å². The minimum atomic E-state index is -0.874. The molecule has 0 saturated heterocycles. The number of nitrogens with two attached hydrogens (primary N) is 1.